The molecule has 1 rings (SSSR count). The minimum absolute atomic E-state index is 0.0636. The number of amides is 1. The summed E-state index contributed by atoms with van der Waals surface area (Å²) >= 11 is 0. The second kappa shape index (κ2) is 6.68. The topological polar surface area (TPSA) is 55.4 Å². The molecule has 0 radical (unpaired) electrons. The Hall–Kier alpha value is -1.84. The van der Waals surface area contributed by atoms with Gasteiger partial charge in [0.15, 0.2) is 5.78 Å². The van der Waals surface area contributed by atoms with E-state index in [0.29, 0.717) is 6.42 Å². The minimum atomic E-state index is -0.571. The largest absolute Gasteiger partial charge is 0.453 e. The number of ketones is 1. The molecule has 1 amide bonds. The molecule has 17 heavy (non-hydrogen) atoms. The number of carbonyl (C=O) groups excluding carboxylic acids is 2. The van der Waals surface area contributed by atoms with E-state index in [4.69, 9.17) is 0 Å². The van der Waals surface area contributed by atoms with Crippen molar-refractivity contribution in [2.75, 3.05) is 7.11 Å². The van der Waals surface area contributed by atoms with Gasteiger partial charge in [-0.15, -0.1) is 0 Å². The maximum atomic E-state index is 11.3. The smallest absolute Gasteiger partial charge is 0.407 e. The molecule has 1 atom stereocenters. The van der Waals surface area contributed by atoms with Crippen molar-refractivity contribution in [2.24, 2.45) is 0 Å². The third-order valence-corrected chi connectivity index (χ3v) is 2.53. The summed E-state index contributed by atoms with van der Waals surface area (Å²) in [5.41, 5.74) is 1.14. The number of ether oxygens (including phenoxy) is 1. The van der Waals surface area contributed by atoms with E-state index in [0.717, 1.165) is 12.0 Å². The fraction of sp³-hybridized carbons (Fsp3) is 0.385. The molecule has 1 aromatic carbocycles. The van der Waals surface area contributed by atoms with Crippen LogP contribution in [-0.4, -0.2) is 25.0 Å². The summed E-state index contributed by atoms with van der Waals surface area (Å²) in [6.45, 7) is 1.46. The third kappa shape index (κ3) is 4.68. The molecule has 0 spiro atoms. The molecule has 0 aliphatic carbocycles. The summed E-state index contributed by atoms with van der Waals surface area (Å²) in [4.78, 5) is 22.4. The third-order valence-electron chi connectivity index (χ3n) is 2.53. The van der Waals surface area contributed by atoms with Crippen molar-refractivity contribution in [3.8, 4) is 0 Å². The van der Waals surface area contributed by atoms with E-state index in [2.05, 4.69) is 10.1 Å². The van der Waals surface area contributed by atoms with Crippen molar-refractivity contribution in [1.29, 1.82) is 0 Å². The number of rotatable bonds is 5. The number of benzene rings is 1. The predicted molar refractivity (Wildman–Crippen MR) is 64.8 cm³/mol. The monoisotopic (exact) mass is 235 g/mol. The van der Waals surface area contributed by atoms with E-state index in [1.54, 1.807) is 0 Å². The molecule has 0 aliphatic heterocycles. The second-order valence-corrected chi connectivity index (χ2v) is 3.82. The number of alkyl carbamates (subject to hydrolysis) is 1. The Morgan fingerprint density at radius 3 is 2.47 bits per heavy atom. The van der Waals surface area contributed by atoms with Gasteiger partial charge < -0.3 is 10.1 Å². The van der Waals surface area contributed by atoms with Crippen LogP contribution < -0.4 is 5.32 Å². The summed E-state index contributed by atoms with van der Waals surface area (Å²) in [7, 11) is 1.28. The highest BCUT2D eigenvalue weighted by atomic mass is 16.5. The first-order valence-corrected chi connectivity index (χ1v) is 5.52. The van der Waals surface area contributed by atoms with Gasteiger partial charge in [-0.1, -0.05) is 30.3 Å². The lowest BCUT2D eigenvalue weighted by Crippen LogP contribution is -2.40. The summed E-state index contributed by atoms with van der Waals surface area (Å²) < 4.78 is 4.48. The predicted octanol–water partition coefficient (Wildman–Crippen LogP) is 1.93. The van der Waals surface area contributed by atoms with Crippen molar-refractivity contribution in [1.82, 2.24) is 5.32 Å². The molecule has 0 saturated carbocycles. The molecule has 4 nitrogen and oxygen atoms in total. The highest BCUT2D eigenvalue weighted by Crippen LogP contribution is 2.05. The van der Waals surface area contributed by atoms with Crippen LogP contribution in [0.2, 0.25) is 0 Å². The first-order chi connectivity index (χ1) is 8.13. The van der Waals surface area contributed by atoms with Crippen LogP contribution in [0.4, 0.5) is 4.79 Å². The van der Waals surface area contributed by atoms with Crippen molar-refractivity contribution in [2.45, 2.75) is 25.8 Å². The first-order valence-electron chi connectivity index (χ1n) is 5.52. The SMILES string of the molecule is COC(=O)N[C@H](CCc1ccccc1)C(C)=O. The lowest BCUT2D eigenvalue weighted by molar-refractivity contribution is -0.119. The summed E-state index contributed by atoms with van der Waals surface area (Å²) in [5, 5.41) is 2.53. The number of aryl methyl sites for hydroxylation is 1. The van der Waals surface area contributed by atoms with Crippen LogP contribution in [0.3, 0.4) is 0 Å². The number of Topliss-reactive ketones (excluding diaryl/α,β-unsaturated/α-hetero) is 1. The van der Waals surface area contributed by atoms with Crippen LogP contribution in [0.5, 0.6) is 0 Å². The van der Waals surface area contributed by atoms with Gasteiger partial charge in [0.25, 0.3) is 0 Å². The Morgan fingerprint density at radius 2 is 1.94 bits per heavy atom. The fourth-order valence-electron chi connectivity index (χ4n) is 1.53. The fourth-order valence-corrected chi connectivity index (χ4v) is 1.53. The Balaban J connectivity index is 2.50. The van der Waals surface area contributed by atoms with E-state index in [1.165, 1.54) is 14.0 Å². The van der Waals surface area contributed by atoms with E-state index in [-0.39, 0.29) is 5.78 Å². The highest BCUT2D eigenvalue weighted by Gasteiger charge is 2.16. The van der Waals surface area contributed by atoms with Crippen LogP contribution in [-0.2, 0) is 16.0 Å². The lowest BCUT2D eigenvalue weighted by Gasteiger charge is -2.14. The molecule has 1 aromatic rings. The molecule has 0 bridgehead atoms. The first kappa shape index (κ1) is 13.2. The lowest BCUT2D eigenvalue weighted by atomic mass is 10.0. The van der Waals surface area contributed by atoms with Crippen LogP contribution in [0.1, 0.15) is 18.9 Å². The Labute approximate surface area is 101 Å². The average molecular weight is 235 g/mol. The summed E-state index contributed by atoms with van der Waals surface area (Å²) in [6, 6.07) is 9.35. The van der Waals surface area contributed by atoms with Gasteiger partial charge in [0.05, 0.1) is 13.2 Å². The van der Waals surface area contributed by atoms with Gasteiger partial charge in [-0.05, 0) is 25.3 Å². The van der Waals surface area contributed by atoms with Gasteiger partial charge in [-0.2, -0.15) is 0 Å². The molecular formula is C13H17NO3. The molecule has 0 fully saturated rings. The van der Waals surface area contributed by atoms with Crippen LogP contribution in [0, 0.1) is 0 Å². The number of hydrogen-bond donors (Lipinski definition) is 1. The number of carbonyl (C=O) groups is 2. The molecule has 0 aliphatic rings. The number of methoxy groups -OCH3 is 1. The second-order valence-electron chi connectivity index (χ2n) is 3.82. The maximum Gasteiger partial charge on any atom is 0.407 e. The minimum Gasteiger partial charge on any atom is -0.453 e. The van der Waals surface area contributed by atoms with E-state index in [1.807, 2.05) is 30.3 Å². The van der Waals surface area contributed by atoms with Crippen molar-refractivity contribution in [3.05, 3.63) is 35.9 Å². The molecule has 92 valence electrons. The number of nitrogens with one attached hydrogen (secondary N) is 1. The molecule has 4 heteroatoms. The van der Waals surface area contributed by atoms with Crippen molar-refractivity contribution in [3.63, 3.8) is 0 Å². The molecule has 1 N–H and O–H groups in total. The van der Waals surface area contributed by atoms with Crippen molar-refractivity contribution < 1.29 is 14.3 Å². The number of hydrogen-bond acceptors (Lipinski definition) is 3. The quantitative estimate of drug-likeness (QED) is 0.848. The molecule has 0 unspecified atom stereocenters. The Kier molecular flexibility index (Phi) is 5.20. The van der Waals surface area contributed by atoms with E-state index in [9.17, 15) is 9.59 Å². The molecule has 0 saturated heterocycles. The van der Waals surface area contributed by atoms with Crippen LogP contribution >= 0.6 is 0 Å². The molecular weight excluding hydrogens is 218 g/mol. The zero-order chi connectivity index (χ0) is 12.7. The standard InChI is InChI=1S/C13H17NO3/c1-10(15)12(14-13(16)17-2)9-8-11-6-4-3-5-7-11/h3-7,12H,8-9H2,1-2H3,(H,14,16)/t12-/m1/s1. The Bertz CT molecular complexity index is 376. The van der Waals surface area contributed by atoms with Gasteiger partial charge >= 0.3 is 6.09 Å². The maximum absolute atomic E-state index is 11.3. The Morgan fingerprint density at radius 1 is 1.29 bits per heavy atom. The van der Waals surface area contributed by atoms with Gasteiger partial charge in [-0.3, -0.25) is 4.79 Å². The zero-order valence-corrected chi connectivity index (χ0v) is 10.1. The van der Waals surface area contributed by atoms with E-state index < -0.39 is 12.1 Å². The van der Waals surface area contributed by atoms with Gasteiger partial charge in [-0.25, -0.2) is 4.79 Å². The van der Waals surface area contributed by atoms with Crippen molar-refractivity contribution >= 4 is 11.9 Å². The van der Waals surface area contributed by atoms with E-state index >= 15 is 0 Å². The summed E-state index contributed by atoms with van der Waals surface area (Å²) in [5.74, 6) is -0.0636. The van der Waals surface area contributed by atoms with Crippen LogP contribution in [0.25, 0.3) is 0 Å². The van der Waals surface area contributed by atoms with Gasteiger partial charge in [0.2, 0.25) is 0 Å². The highest BCUT2D eigenvalue weighted by molar-refractivity contribution is 5.85. The van der Waals surface area contributed by atoms with Crippen LogP contribution in [0.15, 0.2) is 30.3 Å². The average Bonchev–Trinajstić information content (AvgIpc) is 2.35. The van der Waals surface area contributed by atoms with Gasteiger partial charge in [0.1, 0.15) is 0 Å². The summed E-state index contributed by atoms with van der Waals surface area (Å²) in [6.07, 6.45) is 0.752. The van der Waals surface area contributed by atoms with Gasteiger partial charge in [0, 0.05) is 0 Å². The zero-order valence-electron chi connectivity index (χ0n) is 10.1. The molecule has 0 aromatic heterocycles. The normalized spacial score (nSPS) is 11.6. The molecule has 0 heterocycles.